The van der Waals surface area contributed by atoms with Gasteiger partial charge in [-0.3, -0.25) is 0 Å². The minimum absolute atomic E-state index is 0.406. The second kappa shape index (κ2) is 13.8. The fourth-order valence-electron chi connectivity index (χ4n) is 11.1. The molecule has 66 heavy (non-hydrogen) atoms. The van der Waals surface area contributed by atoms with Crippen LogP contribution >= 0.6 is 11.3 Å². The topological polar surface area (TPSA) is 62.4 Å². The van der Waals surface area contributed by atoms with Crippen LogP contribution in [0, 0.1) is 22.7 Å². The van der Waals surface area contributed by atoms with Crippen molar-refractivity contribution in [3.8, 4) is 40.3 Å². The Morgan fingerprint density at radius 1 is 0.333 bits per heavy atom. The maximum Gasteiger partial charge on any atom is 0.104 e. The molecule has 0 saturated heterocycles. The van der Waals surface area contributed by atoms with E-state index in [1.165, 1.54) is 14.8 Å². The number of para-hydroxylation sites is 5. The van der Waals surface area contributed by atoms with Gasteiger partial charge >= 0.3 is 0 Å². The Kier molecular flexibility index (Phi) is 7.63. The van der Waals surface area contributed by atoms with E-state index in [0.717, 1.165) is 92.7 Å². The normalized spacial score (nSPS) is 11.9. The molecule has 0 aliphatic heterocycles. The zero-order valence-electron chi connectivity index (χ0n) is 35.2. The van der Waals surface area contributed by atoms with Crippen molar-refractivity contribution < 1.29 is 0 Å². The lowest BCUT2D eigenvalue weighted by Gasteiger charge is -2.26. The Morgan fingerprint density at radius 2 is 0.758 bits per heavy atom. The van der Waals surface area contributed by atoms with E-state index in [4.69, 9.17) is 0 Å². The second-order valence-corrected chi connectivity index (χ2v) is 18.1. The summed E-state index contributed by atoms with van der Waals surface area (Å²) in [5.41, 5.74) is 10.2. The van der Waals surface area contributed by atoms with Crippen molar-refractivity contribution in [3.63, 3.8) is 0 Å². The van der Waals surface area contributed by atoms with Gasteiger partial charge in [0.1, 0.15) is 23.3 Å². The maximum atomic E-state index is 12.2. The molecule has 10 aromatic carbocycles. The summed E-state index contributed by atoms with van der Waals surface area (Å²) in [6, 6.07) is 76.0. The van der Waals surface area contributed by atoms with Crippen LogP contribution in [0.3, 0.4) is 0 Å². The quantitative estimate of drug-likeness (QED) is 0.177. The molecule has 0 bridgehead atoms. The SMILES string of the molecule is N#Cc1c(-n2c3ccccc3c3ccccc32)c(-c2ccc3sc4ccccc4c3c2)c(-n2c3ccccc3c3ccccc32)c(C#N)c1-n1c2ccccc2c2c3ccccc3ccc21. The van der Waals surface area contributed by atoms with E-state index in [1.54, 1.807) is 11.3 Å². The van der Waals surface area contributed by atoms with E-state index < -0.39 is 0 Å². The molecule has 0 unspecified atom stereocenters. The van der Waals surface area contributed by atoms with Gasteiger partial charge in [-0.1, -0.05) is 146 Å². The minimum Gasteiger partial charge on any atom is -0.307 e. The highest BCUT2D eigenvalue weighted by atomic mass is 32.1. The van der Waals surface area contributed by atoms with E-state index in [2.05, 4.69) is 226 Å². The monoisotopic (exact) mass is 855 g/mol. The highest BCUT2D eigenvalue weighted by Gasteiger charge is 2.33. The molecule has 4 heterocycles. The Bertz CT molecular complexity index is 4240. The van der Waals surface area contributed by atoms with Crippen LogP contribution in [0.4, 0.5) is 0 Å². The van der Waals surface area contributed by atoms with Gasteiger partial charge in [-0.25, -0.2) is 0 Å². The number of nitrogens with zero attached hydrogens (tertiary/aromatic N) is 5. The molecule has 5 nitrogen and oxygen atoms in total. The summed E-state index contributed by atoms with van der Waals surface area (Å²) in [6.45, 7) is 0. The van der Waals surface area contributed by atoms with E-state index in [9.17, 15) is 10.5 Å². The van der Waals surface area contributed by atoms with Crippen LogP contribution in [0.1, 0.15) is 11.1 Å². The lowest BCUT2D eigenvalue weighted by Crippen LogP contribution is -2.14. The summed E-state index contributed by atoms with van der Waals surface area (Å²) in [6.07, 6.45) is 0. The number of nitriles is 2. The zero-order chi connectivity index (χ0) is 43.6. The molecule has 0 fully saturated rings. The van der Waals surface area contributed by atoms with Crippen LogP contribution < -0.4 is 0 Å². The molecular weight excluding hydrogens is 823 g/mol. The fourth-order valence-corrected chi connectivity index (χ4v) is 12.1. The second-order valence-electron chi connectivity index (χ2n) is 17.0. The van der Waals surface area contributed by atoms with Crippen molar-refractivity contribution in [2.45, 2.75) is 0 Å². The average Bonchev–Trinajstić information content (AvgIpc) is 4.12. The third-order valence-electron chi connectivity index (χ3n) is 13.7. The molecular formula is C60H33N5S. The lowest BCUT2D eigenvalue weighted by molar-refractivity contribution is 1.08. The minimum atomic E-state index is 0.406. The first-order valence-electron chi connectivity index (χ1n) is 22.1. The molecule has 0 amide bonds. The molecule has 14 rings (SSSR count). The van der Waals surface area contributed by atoms with Gasteiger partial charge in [0.25, 0.3) is 0 Å². The summed E-state index contributed by atoms with van der Waals surface area (Å²) in [7, 11) is 0. The van der Waals surface area contributed by atoms with Gasteiger partial charge < -0.3 is 13.7 Å². The summed E-state index contributed by atoms with van der Waals surface area (Å²) >= 11 is 1.78. The highest BCUT2D eigenvalue weighted by Crippen LogP contribution is 2.50. The van der Waals surface area contributed by atoms with Crippen LogP contribution in [0.15, 0.2) is 200 Å². The lowest BCUT2D eigenvalue weighted by atomic mass is 9.91. The molecule has 0 aliphatic carbocycles. The van der Waals surface area contributed by atoms with Gasteiger partial charge in [-0.15, -0.1) is 11.3 Å². The predicted molar refractivity (Wildman–Crippen MR) is 275 cm³/mol. The van der Waals surface area contributed by atoms with Crippen molar-refractivity contribution in [2.24, 2.45) is 0 Å². The van der Waals surface area contributed by atoms with Crippen molar-refractivity contribution >= 4 is 108 Å². The third kappa shape index (κ3) is 4.85. The molecule has 6 heteroatoms. The van der Waals surface area contributed by atoms with E-state index in [0.29, 0.717) is 28.2 Å². The van der Waals surface area contributed by atoms with Gasteiger partial charge in [-0.2, -0.15) is 10.5 Å². The molecule has 0 saturated carbocycles. The highest BCUT2D eigenvalue weighted by molar-refractivity contribution is 7.25. The standard InChI is InChI=1S/C60H33N5S/c61-34-46-58(65-52-27-13-7-22-44(52)57-38-16-2-1-15-36(38)29-31-53(57)65)47(35-62)60(64-50-25-11-5-19-41(50)42-20-6-12-26-51(42)64)56(37-30-32-55-45(33-37)43-21-8-14-28-54(43)66-55)59(46)63-48-23-9-3-17-39(48)40-18-4-10-24-49(40)63/h1-33H. The molecule has 0 spiro atoms. The van der Waals surface area contributed by atoms with Crippen molar-refractivity contribution in [2.75, 3.05) is 0 Å². The number of thiophene rings is 1. The van der Waals surface area contributed by atoms with E-state index in [1.807, 2.05) is 0 Å². The van der Waals surface area contributed by atoms with Gasteiger partial charge in [-0.05, 0) is 70.9 Å². The van der Waals surface area contributed by atoms with Gasteiger partial charge in [0, 0.05) is 58.1 Å². The molecule has 0 aliphatic rings. The van der Waals surface area contributed by atoms with Gasteiger partial charge in [0.05, 0.1) is 50.2 Å². The summed E-state index contributed by atoms with van der Waals surface area (Å²) < 4.78 is 9.16. The molecule has 0 atom stereocenters. The predicted octanol–water partition coefficient (Wildman–Crippen LogP) is 15.9. The Labute approximate surface area is 381 Å². The Morgan fingerprint density at radius 3 is 1.30 bits per heavy atom. The molecule has 14 aromatic rings. The first-order valence-corrected chi connectivity index (χ1v) is 22.9. The number of rotatable bonds is 4. The number of hydrogen-bond donors (Lipinski definition) is 0. The van der Waals surface area contributed by atoms with Crippen LogP contribution in [0.5, 0.6) is 0 Å². The van der Waals surface area contributed by atoms with E-state index >= 15 is 0 Å². The summed E-state index contributed by atoms with van der Waals surface area (Å²) in [5.74, 6) is 0. The largest absolute Gasteiger partial charge is 0.307 e. The van der Waals surface area contributed by atoms with E-state index in [-0.39, 0.29) is 0 Å². The van der Waals surface area contributed by atoms with Gasteiger partial charge in [0.15, 0.2) is 0 Å². The maximum absolute atomic E-state index is 12.2. The van der Waals surface area contributed by atoms with Gasteiger partial charge in [0.2, 0.25) is 0 Å². The first kappa shape index (κ1) is 36.5. The van der Waals surface area contributed by atoms with Crippen LogP contribution in [-0.4, -0.2) is 13.7 Å². The van der Waals surface area contributed by atoms with Crippen molar-refractivity contribution in [3.05, 3.63) is 211 Å². The smallest absolute Gasteiger partial charge is 0.104 e. The van der Waals surface area contributed by atoms with Crippen LogP contribution in [0.2, 0.25) is 0 Å². The molecule has 4 aromatic heterocycles. The average molecular weight is 856 g/mol. The molecule has 304 valence electrons. The van der Waals surface area contributed by atoms with Crippen molar-refractivity contribution in [1.29, 1.82) is 10.5 Å². The summed E-state index contributed by atoms with van der Waals surface area (Å²) in [4.78, 5) is 0. The van der Waals surface area contributed by atoms with Crippen molar-refractivity contribution in [1.82, 2.24) is 13.7 Å². The molecule has 0 N–H and O–H groups in total. The summed E-state index contributed by atoms with van der Waals surface area (Å²) in [5, 5.41) is 35.4. The zero-order valence-corrected chi connectivity index (χ0v) is 36.0. The van der Waals surface area contributed by atoms with Crippen LogP contribution in [0.25, 0.3) is 125 Å². The fraction of sp³-hybridized carbons (Fsp3) is 0. The number of benzene rings is 10. The van der Waals surface area contributed by atoms with Crippen LogP contribution in [-0.2, 0) is 0 Å². The molecule has 0 radical (unpaired) electrons. The third-order valence-corrected chi connectivity index (χ3v) is 14.9. The number of aromatic nitrogens is 3. The Balaban J connectivity index is 1.30. The Hall–Kier alpha value is -8.94. The number of fused-ring (bicyclic) bond motifs is 14. The first-order chi connectivity index (χ1) is 32.7. The number of hydrogen-bond acceptors (Lipinski definition) is 3.